The normalized spacial score (nSPS) is 15.6. The molecule has 216 valence electrons. The third kappa shape index (κ3) is 9.28. The molecule has 0 heterocycles. The zero-order chi connectivity index (χ0) is 26.2. The molecule has 0 fully saturated rings. The van der Waals surface area contributed by atoms with E-state index in [-0.39, 0.29) is 60.6 Å². The fourth-order valence-electron chi connectivity index (χ4n) is 4.19. The molecule has 38 heavy (non-hydrogen) atoms. The predicted octanol–water partition coefficient (Wildman–Crippen LogP) is 3.43. The summed E-state index contributed by atoms with van der Waals surface area (Å²) in [5, 5.41) is 3.34. The topological polar surface area (TPSA) is 150 Å². The number of halogens is 3. The molecule has 0 aliphatic heterocycles. The van der Waals surface area contributed by atoms with Gasteiger partial charge < -0.3 is 28.3 Å². The molecule has 0 aliphatic rings. The predicted molar refractivity (Wildman–Crippen MR) is 164 cm³/mol. The number of ketones is 2. The average Bonchev–Trinajstić information content (AvgIpc) is 2.87. The van der Waals surface area contributed by atoms with Gasteiger partial charge in [0.25, 0.3) is 0 Å². The van der Waals surface area contributed by atoms with Crippen molar-refractivity contribution in [2.75, 3.05) is 13.1 Å². The van der Waals surface area contributed by atoms with Crippen molar-refractivity contribution in [2.45, 2.75) is 63.7 Å². The molecule has 0 bridgehead atoms. The van der Waals surface area contributed by atoms with Crippen molar-refractivity contribution in [1.82, 2.24) is 5.32 Å². The Kier molecular flexibility index (Phi) is 17.5. The van der Waals surface area contributed by atoms with Crippen LogP contribution in [-0.4, -0.2) is 36.7 Å². The van der Waals surface area contributed by atoms with E-state index in [1.807, 2.05) is 88.4 Å². The third-order valence-electron chi connectivity index (χ3n) is 6.89. The molecule has 4 atom stereocenters. The van der Waals surface area contributed by atoms with E-state index in [0.717, 1.165) is 11.1 Å². The lowest BCUT2D eigenvalue weighted by Gasteiger charge is -2.34. The smallest absolute Gasteiger partial charge is 0.174 e. The summed E-state index contributed by atoms with van der Waals surface area (Å²) in [4.78, 5) is 26.6. The largest absolute Gasteiger partial charge is 0.321 e. The van der Waals surface area contributed by atoms with Crippen molar-refractivity contribution in [2.24, 2.45) is 34.8 Å². The van der Waals surface area contributed by atoms with E-state index in [2.05, 4.69) is 5.32 Å². The maximum absolute atomic E-state index is 13.3. The van der Waals surface area contributed by atoms with Crippen LogP contribution >= 0.6 is 37.2 Å². The number of nitrogens with one attached hydrogen (secondary N) is 1. The number of benzene rings is 2. The number of hydrogen-bond acceptors (Lipinski definition) is 7. The van der Waals surface area contributed by atoms with E-state index < -0.39 is 23.2 Å². The standard InChI is InChI=1S/C28H43N5O2.3ClH/c1-19(2)23(29)25(34)27(31,21-11-7-5-8-12-21)15-17-33-18-16-28(32,22-13-9-6-10-14-22)26(35)24(30)20(3)4;;;/h5-14,19-20,23-24,33H,15-18,29-32H2,1-4H3;3*1H/t23-,24-,27?,28?;;;/m0.../s1. The molecule has 2 aromatic carbocycles. The monoisotopic (exact) mass is 589 g/mol. The first-order valence-corrected chi connectivity index (χ1v) is 12.4. The molecule has 0 aliphatic carbocycles. The minimum Gasteiger partial charge on any atom is -0.321 e. The molecule has 0 aromatic heterocycles. The zero-order valence-electron chi connectivity index (χ0n) is 22.8. The van der Waals surface area contributed by atoms with Crippen molar-refractivity contribution in [3.63, 3.8) is 0 Å². The summed E-state index contributed by atoms with van der Waals surface area (Å²) in [7, 11) is 0. The maximum Gasteiger partial charge on any atom is 0.174 e. The summed E-state index contributed by atoms with van der Waals surface area (Å²) in [6.45, 7) is 8.56. The van der Waals surface area contributed by atoms with E-state index >= 15 is 0 Å². The molecule has 9 N–H and O–H groups in total. The van der Waals surface area contributed by atoms with Gasteiger partial charge in [0.05, 0.1) is 12.1 Å². The van der Waals surface area contributed by atoms with Crippen molar-refractivity contribution >= 4 is 48.8 Å². The highest BCUT2D eigenvalue weighted by Crippen LogP contribution is 2.27. The third-order valence-corrected chi connectivity index (χ3v) is 6.89. The quantitative estimate of drug-likeness (QED) is 0.212. The lowest BCUT2D eigenvalue weighted by atomic mass is 9.78. The van der Waals surface area contributed by atoms with Crippen LogP contribution in [0.1, 0.15) is 51.7 Å². The van der Waals surface area contributed by atoms with Gasteiger partial charge in [-0.25, -0.2) is 0 Å². The average molecular weight is 591 g/mol. The Morgan fingerprint density at radius 2 is 0.947 bits per heavy atom. The molecule has 0 amide bonds. The van der Waals surface area contributed by atoms with Gasteiger partial charge >= 0.3 is 0 Å². The lowest BCUT2D eigenvalue weighted by Crippen LogP contribution is -2.56. The molecule has 0 radical (unpaired) electrons. The fraction of sp³-hybridized carbons (Fsp3) is 0.500. The fourth-order valence-corrected chi connectivity index (χ4v) is 4.19. The van der Waals surface area contributed by atoms with Crippen LogP contribution in [0.25, 0.3) is 0 Å². The molecule has 0 saturated carbocycles. The van der Waals surface area contributed by atoms with Crippen LogP contribution in [0.2, 0.25) is 0 Å². The van der Waals surface area contributed by atoms with Gasteiger partial charge in [-0.2, -0.15) is 0 Å². The number of nitrogens with two attached hydrogens (primary N) is 4. The maximum atomic E-state index is 13.3. The van der Waals surface area contributed by atoms with Gasteiger partial charge in [0, 0.05) is 0 Å². The van der Waals surface area contributed by atoms with Gasteiger partial charge in [-0.3, -0.25) is 9.59 Å². The van der Waals surface area contributed by atoms with Gasteiger partial charge in [0.2, 0.25) is 0 Å². The number of carbonyl (C=O) groups is 2. The minimum atomic E-state index is -1.22. The second kappa shape index (κ2) is 17.2. The Labute approximate surface area is 246 Å². The van der Waals surface area contributed by atoms with Crippen LogP contribution in [0.4, 0.5) is 0 Å². The molecular weight excluding hydrogens is 545 g/mol. The summed E-state index contributed by atoms with van der Waals surface area (Å²) < 4.78 is 0. The first-order chi connectivity index (χ1) is 16.4. The molecule has 0 saturated heterocycles. The SMILES string of the molecule is CC(C)[C@H](N)C(=O)C(N)(CCNCCC(N)(C(=O)[C@@H](N)C(C)C)c1ccccc1)c1ccccc1.Cl.Cl.Cl. The first-order valence-electron chi connectivity index (χ1n) is 12.4. The summed E-state index contributed by atoms with van der Waals surface area (Å²) >= 11 is 0. The number of Topliss-reactive ketones (excluding diaryl/α,β-unsaturated/α-hetero) is 2. The summed E-state index contributed by atoms with van der Waals surface area (Å²) in [6.07, 6.45) is 0.720. The summed E-state index contributed by atoms with van der Waals surface area (Å²) in [5.41, 5.74) is 24.9. The molecule has 7 nitrogen and oxygen atoms in total. The van der Waals surface area contributed by atoms with Gasteiger partial charge in [-0.15, -0.1) is 37.2 Å². The molecule has 2 unspecified atom stereocenters. The number of hydrogen-bond donors (Lipinski definition) is 5. The molecule has 2 aromatic rings. The summed E-state index contributed by atoms with van der Waals surface area (Å²) in [5.74, 6) is -0.420. The minimum absolute atomic E-state index is 0. The van der Waals surface area contributed by atoms with Crippen LogP contribution in [0.5, 0.6) is 0 Å². The number of rotatable bonds is 14. The van der Waals surface area contributed by atoms with Gasteiger partial charge in [0.1, 0.15) is 11.1 Å². The highest BCUT2D eigenvalue weighted by atomic mass is 35.5. The van der Waals surface area contributed by atoms with Crippen molar-refractivity contribution in [3.05, 3.63) is 71.8 Å². The van der Waals surface area contributed by atoms with E-state index in [0.29, 0.717) is 25.9 Å². The molecule has 0 spiro atoms. The Bertz CT molecular complexity index is 888. The zero-order valence-corrected chi connectivity index (χ0v) is 25.2. The Balaban J connectivity index is 0. The number of carbonyl (C=O) groups excluding carboxylic acids is 2. The van der Waals surface area contributed by atoms with Crippen molar-refractivity contribution in [1.29, 1.82) is 0 Å². The molecule has 10 heteroatoms. The van der Waals surface area contributed by atoms with Gasteiger partial charge in [0.15, 0.2) is 11.6 Å². The van der Waals surface area contributed by atoms with E-state index in [1.165, 1.54) is 0 Å². The Hall–Kier alpha value is -1.55. The van der Waals surface area contributed by atoms with Gasteiger partial charge in [-0.1, -0.05) is 88.4 Å². The van der Waals surface area contributed by atoms with Crippen LogP contribution < -0.4 is 28.3 Å². The Morgan fingerprint density at radius 3 is 1.21 bits per heavy atom. The van der Waals surface area contributed by atoms with Crippen molar-refractivity contribution < 1.29 is 9.59 Å². The van der Waals surface area contributed by atoms with E-state index in [9.17, 15) is 9.59 Å². The first kappa shape index (κ1) is 38.6. The van der Waals surface area contributed by atoms with Crippen molar-refractivity contribution in [3.8, 4) is 0 Å². The second-order valence-electron chi connectivity index (χ2n) is 10.2. The second-order valence-corrected chi connectivity index (χ2v) is 10.2. The molecule has 2 rings (SSSR count). The van der Waals surface area contributed by atoms with E-state index in [1.54, 1.807) is 0 Å². The lowest BCUT2D eigenvalue weighted by molar-refractivity contribution is -0.127. The highest BCUT2D eigenvalue weighted by Gasteiger charge is 2.41. The summed E-state index contributed by atoms with van der Waals surface area (Å²) in [6, 6.07) is 17.3. The van der Waals surface area contributed by atoms with Gasteiger partial charge in [-0.05, 0) is 48.9 Å². The highest BCUT2D eigenvalue weighted by molar-refractivity contribution is 5.94. The molecular formula is C28H46Cl3N5O2. The Morgan fingerprint density at radius 1 is 0.658 bits per heavy atom. The van der Waals surface area contributed by atoms with Crippen LogP contribution in [0.3, 0.4) is 0 Å². The van der Waals surface area contributed by atoms with Crippen LogP contribution in [0, 0.1) is 11.8 Å². The van der Waals surface area contributed by atoms with Crippen LogP contribution in [0.15, 0.2) is 60.7 Å². The van der Waals surface area contributed by atoms with Crippen LogP contribution in [-0.2, 0) is 20.7 Å². The van der Waals surface area contributed by atoms with E-state index in [4.69, 9.17) is 22.9 Å².